The van der Waals surface area contributed by atoms with Crippen molar-refractivity contribution in [2.45, 2.75) is 20.8 Å². The normalized spacial score (nSPS) is 11.3. The molecule has 0 atom stereocenters. The number of nitrogens with one attached hydrogen (secondary N) is 1. The van der Waals surface area contributed by atoms with Crippen molar-refractivity contribution in [3.05, 3.63) is 63.1 Å². The molecule has 0 spiro atoms. The minimum absolute atomic E-state index is 0.120. The number of aromatic amines is 1. The molecular weight excluding hydrogens is 320 g/mol. The first kappa shape index (κ1) is 14.8. The molecule has 0 saturated carbocycles. The van der Waals surface area contributed by atoms with E-state index >= 15 is 0 Å². The van der Waals surface area contributed by atoms with Gasteiger partial charge in [-0.1, -0.05) is 30.3 Å². The number of fused-ring (bicyclic) bond motifs is 1. The summed E-state index contributed by atoms with van der Waals surface area (Å²) in [6, 6.07) is 11.6. The number of nitrogens with zero attached hydrogens (tertiary/aromatic N) is 3. The third-order valence-electron chi connectivity index (χ3n) is 4.00. The smallest absolute Gasteiger partial charge is 0.273 e. The lowest BCUT2D eigenvalue weighted by atomic mass is 10.1. The summed E-state index contributed by atoms with van der Waals surface area (Å²) >= 11 is 1.56. The molecule has 0 radical (unpaired) electrons. The van der Waals surface area contributed by atoms with Gasteiger partial charge in [0.05, 0.1) is 21.3 Å². The number of benzene rings is 1. The van der Waals surface area contributed by atoms with Crippen LogP contribution >= 0.6 is 11.3 Å². The van der Waals surface area contributed by atoms with Crippen molar-refractivity contribution in [2.24, 2.45) is 0 Å². The summed E-state index contributed by atoms with van der Waals surface area (Å²) in [7, 11) is 0. The minimum Gasteiger partial charge on any atom is -0.293 e. The van der Waals surface area contributed by atoms with Gasteiger partial charge in [-0.25, -0.2) is 14.5 Å². The highest BCUT2D eigenvalue weighted by atomic mass is 32.1. The first-order valence-corrected chi connectivity index (χ1v) is 8.48. The first-order chi connectivity index (χ1) is 11.5. The number of aryl methyl sites for hydroxylation is 3. The van der Waals surface area contributed by atoms with Crippen LogP contribution in [0.2, 0.25) is 0 Å². The van der Waals surface area contributed by atoms with Gasteiger partial charge in [0.15, 0.2) is 5.65 Å². The average molecular weight is 336 g/mol. The highest BCUT2D eigenvalue weighted by Crippen LogP contribution is 2.30. The van der Waals surface area contributed by atoms with E-state index in [1.165, 1.54) is 4.52 Å². The quantitative estimate of drug-likeness (QED) is 0.606. The lowest BCUT2D eigenvalue weighted by molar-refractivity contribution is 0.882. The summed E-state index contributed by atoms with van der Waals surface area (Å²) in [4.78, 5) is 22.7. The molecule has 1 N–H and O–H groups in total. The molecule has 0 bridgehead atoms. The summed E-state index contributed by atoms with van der Waals surface area (Å²) < 4.78 is 1.50. The first-order valence-electron chi connectivity index (χ1n) is 7.67. The molecule has 1 aromatic carbocycles. The summed E-state index contributed by atoms with van der Waals surface area (Å²) in [5, 5.41) is 4.09. The van der Waals surface area contributed by atoms with E-state index in [0.717, 1.165) is 32.4 Å². The molecule has 120 valence electrons. The maximum absolute atomic E-state index is 12.6. The van der Waals surface area contributed by atoms with Gasteiger partial charge in [-0.2, -0.15) is 0 Å². The predicted octanol–water partition coefficient (Wildman–Crippen LogP) is 3.74. The lowest BCUT2D eigenvalue weighted by Crippen LogP contribution is -2.14. The van der Waals surface area contributed by atoms with E-state index in [-0.39, 0.29) is 5.56 Å². The Morgan fingerprint density at radius 2 is 1.83 bits per heavy atom. The molecule has 0 unspecified atom stereocenters. The van der Waals surface area contributed by atoms with E-state index in [4.69, 9.17) is 4.98 Å². The van der Waals surface area contributed by atoms with Crippen LogP contribution in [-0.4, -0.2) is 19.6 Å². The van der Waals surface area contributed by atoms with Crippen LogP contribution in [0.5, 0.6) is 0 Å². The van der Waals surface area contributed by atoms with Crippen LogP contribution in [0.3, 0.4) is 0 Å². The van der Waals surface area contributed by atoms with Crippen molar-refractivity contribution in [1.29, 1.82) is 0 Å². The number of H-pyrrole nitrogens is 1. The van der Waals surface area contributed by atoms with Gasteiger partial charge in [0.1, 0.15) is 0 Å². The Labute approximate surface area is 142 Å². The predicted molar refractivity (Wildman–Crippen MR) is 96.6 cm³/mol. The molecule has 0 fully saturated rings. The molecule has 24 heavy (non-hydrogen) atoms. The van der Waals surface area contributed by atoms with E-state index in [0.29, 0.717) is 11.3 Å². The second-order valence-corrected chi connectivity index (χ2v) is 6.97. The van der Waals surface area contributed by atoms with Crippen molar-refractivity contribution in [3.8, 4) is 21.7 Å². The third-order valence-corrected chi connectivity index (χ3v) is 5.09. The Balaban J connectivity index is 2.04. The summed E-state index contributed by atoms with van der Waals surface area (Å²) in [5.41, 5.74) is 5.02. The Kier molecular flexibility index (Phi) is 3.35. The van der Waals surface area contributed by atoms with Crippen LogP contribution in [0, 0.1) is 20.8 Å². The topological polar surface area (TPSA) is 63.1 Å². The Bertz CT molecular complexity index is 1110. The lowest BCUT2D eigenvalue weighted by Gasteiger charge is -2.02. The van der Waals surface area contributed by atoms with E-state index in [2.05, 4.69) is 10.1 Å². The molecule has 4 aromatic rings. The Hall–Kier alpha value is -2.73. The van der Waals surface area contributed by atoms with Gasteiger partial charge in [0, 0.05) is 17.3 Å². The van der Waals surface area contributed by atoms with E-state index < -0.39 is 0 Å². The summed E-state index contributed by atoms with van der Waals surface area (Å²) in [6.45, 7) is 5.86. The largest absolute Gasteiger partial charge is 0.293 e. The van der Waals surface area contributed by atoms with Crippen molar-refractivity contribution in [1.82, 2.24) is 19.6 Å². The Morgan fingerprint density at radius 3 is 2.50 bits per heavy atom. The van der Waals surface area contributed by atoms with Crippen LogP contribution < -0.4 is 5.56 Å². The molecule has 0 aliphatic rings. The van der Waals surface area contributed by atoms with Crippen molar-refractivity contribution < 1.29 is 0 Å². The third kappa shape index (κ3) is 2.27. The van der Waals surface area contributed by atoms with Crippen LogP contribution in [0.15, 0.2) is 41.2 Å². The highest BCUT2D eigenvalue weighted by molar-refractivity contribution is 7.15. The Morgan fingerprint density at radius 1 is 1.08 bits per heavy atom. The van der Waals surface area contributed by atoms with Crippen LogP contribution in [0.1, 0.15) is 16.4 Å². The van der Waals surface area contributed by atoms with Crippen LogP contribution in [0.25, 0.3) is 27.3 Å². The van der Waals surface area contributed by atoms with E-state index in [1.54, 1.807) is 17.4 Å². The maximum atomic E-state index is 12.6. The molecular formula is C18H16N4OS. The summed E-state index contributed by atoms with van der Waals surface area (Å²) in [5.74, 6) is 0. The molecule has 0 aliphatic heterocycles. The fourth-order valence-corrected chi connectivity index (χ4v) is 3.87. The van der Waals surface area contributed by atoms with Gasteiger partial charge in [0.2, 0.25) is 0 Å². The highest BCUT2D eigenvalue weighted by Gasteiger charge is 2.17. The number of hydrogen-bond donors (Lipinski definition) is 1. The SMILES string of the molecule is Cc1nc(C)c(-c2cc(=O)n3[nH]c(C)c(-c4ccccc4)c3n2)s1. The van der Waals surface area contributed by atoms with Gasteiger partial charge in [-0.15, -0.1) is 11.3 Å². The van der Waals surface area contributed by atoms with Crippen molar-refractivity contribution >= 4 is 17.0 Å². The molecule has 4 rings (SSSR count). The number of thiazole rings is 1. The zero-order chi connectivity index (χ0) is 16.8. The van der Waals surface area contributed by atoms with Gasteiger partial charge in [0.25, 0.3) is 5.56 Å². The minimum atomic E-state index is -0.120. The van der Waals surface area contributed by atoms with E-state index in [9.17, 15) is 4.79 Å². The number of hydrogen-bond acceptors (Lipinski definition) is 4. The van der Waals surface area contributed by atoms with Crippen molar-refractivity contribution in [3.63, 3.8) is 0 Å². The zero-order valence-corrected chi connectivity index (χ0v) is 14.4. The van der Waals surface area contributed by atoms with Crippen molar-refractivity contribution in [2.75, 3.05) is 0 Å². The monoisotopic (exact) mass is 336 g/mol. The molecule has 5 nitrogen and oxygen atoms in total. The van der Waals surface area contributed by atoms with Crippen LogP contribution in [-0.2, 0) is 0 Å². The molecule has 0 saturated heterocycles. The average Bonchev–Trinajstić information content (AvgIpc) is 3.07. The zero-order valence-electron chi connectivity index (χ0n) is 13.6. The summed E-state index contributed by atoms with van der Waals surface area (Å²) in [6.07, 6.45) is 0. The molecule has 6 heteroatoms. The maximum Gasteiger partial charge on any atom is 0.273 e. The molecule has 3 aromatic heterocycles. The van der Waals surface area contributed by atoms with Gasteiger partial charge < -0.3 is 0 Å². The standard InChI is InChI=1S/C18H16N4OS/c1-10-16(13-7-5-4-6-8-13)18-20-14(9-15(23)22(18)21-10)17-11(2)19-12(3)24-17/h4-9,21H,1-3H3. The second-order valence-electron chi connectivity index (χ2n) is 5.76. The fraction of sp³-hybridized carbons (Fsp3) is 0.167. The number of rotatable bonds is 2. The fourth-order valence-electron chi connectivity index (χ4n) is 2.99. The van der Waals surface area contributed by atoms with Gasteiger partial charge in [-0.3, -0.25) is 9.89 Å². The van der Waals surface area contributed by atoms with Gasteiger partial charge in [-0.05, 0) is 26.3 Å². The van der Waals surface area contributed by atoms with Crippen LogP contribution in [0.4, 0.5) is 0 Å². The molecule has 3 heterocycles. The van der Waals surface area contributed by atoms with Gasteiger partial charge >= 0.3 is 0 Å². The number of aromatic nitrogens is 4. The molecule has 0 amide bonds. The van der Waals surface area contributed by atoms with E-state index in [1.807, 2.05) is 51.1 Å². The second kappa shape index (κ2) is 5.42. The molecule has 0 aliphatic carbocycles.